The quantitative estimate of drug-likeness (QED) is 0.890. The molecule has 1 N–H and O–H groups in total. The first kappa shape index (κ1) is 11.2. The number of rotatable bonds is 3. The predicted molar refractivity (Wildman–Crippen MR) is 66.1 cm³/mol. The number of aryl methyl sites for hydroxylation is 2. The summed E-state index contributed by atoms with van der Waals surface area (Å²) in [6.45, 7) is 4.25. The van der Waals surface area contributed by atoms with E-state index in [0.29, 0.717) is 0 Å². The summed E-state index contributed by atoms with van der Waals surface area (Å²) in [6, 6.07) is 4.32. The zero-order valence-corrected chi connectivity index (χ0v) is 10.9. The summed E-state index contributed by atoms with van der Waals surface area (Å²) in [5.74, 6) is 0. The van der Waals surface area contributed by atoms with E-state index in [1.54, 1.807) is 0 Å². The highest BCUT2D eigenvalue weighted by molar-refractivity contribution is 9.10. The molecular weight excluding hydrogens is 252 g/mol. The zero-order chi connectivity index (χ0) is 11.1. The molecule has 1 nitrogen and oxygen atoms in total. The molecule has 0 amide bonds. The van der Waals surface area contributed by atoms with Crippen molar-refractivity contribution in [2.75, 3.05) is 0 Å². The second-order valence-corrected chi connectivity index (χ2v) is 5.50. The van der Waals surface area contributed by atoms with Crippen LogP contribution in [-0.2, 0) is 6.42 Å². The molecule has 1 aromatic rings. The minimum atomic E-state index is -0.330. The summed E-state index contributed by atoms with van der Waals surface area (Å²) in [6.07, 6.45) is 3.86. The van der Waals surface area contributed by atoms with Crippen molar-refractivity contribution >= 4 is 15.9 Å². The van der Waals surface area contributed by atoms with Gasteiger partial charge in [0.1, 0.15) is 0 Å². The fraction of sp³-hybridized carbons (Fsp3) is 0.538. The van der Waals surface area contributed by atoms with Crippen LogP contribution in [0.3, 0.4) is 0 Å². The summed E-state index contributed by atoms with van der Waals surface area (Å²) in [4.78, 5) is 0. The van der Waals surface area contributed by atoms with Gasteiger partial charge in [0.05, 0.1) is 5.60 Å². The van der Waals surface area contributed by atoms with Crippen LogP contribution >= 0.6 is 15.9 Å². The largest absolute Gasteiger partial charge is 0.390 e. The molecule has 0 saturated heterocycles. The maximum Gasteiger partial charge on any atom is 0.0653 e. The van der Waals surface area contributed by atoms with E-state index in [1.165, 1.54) is 21.2 Å². The van der Waals surface area contributed by atoms with Crippen LogP contribution < -0.4 is 0 Å². The van der Waals surface area contributed by atoms with Crippen molar-refractivity contribution < 1.29 is 5.11 Å². The standard InChI is InChI=1S/C13H17BrO/c1-9-3-4-11(10(2)12(9)14)5-6-13(15)7-8-13/h3-4,15H,5-8H2,1-2H3. The van der Waals surface area contributed by atoms with Crippen molar-refractivity contribution in [2.24, 2.45) is 0 Å². The molecule has 2 heteroatoms. The fourth-order valence-electron chi connectivity index (χ4n) is 1.89. The molecule has 0 unspecified atom stereocenters. The summed E-state index contributed by atoms with van der Waals surface area (Å²) < 4.78 is 1.21. The van der Waals surface area contributed by atoms with Crippen LogP contribution in [0.2, 0.25) is 0 Å². The second-order valence-electron chi connectivity index (χ2n) is 4.70. The molecular formula is C13H17BrO. The topological polar surface area (TPSA) is 20.2 Å². The molecule has 1 aliphatic carbocycles. The van der Waals surface area contributed by atoms with Crippen molar-refractivity contribution in [3.8, 4) is 0 Å². The Labute approximate surface area is 99.6 Å². The molecule has 0 atom stereocenters. The van der Waals surface area contributed by atoms with Gasteiger partial charge in [-0.25, -0.2) is 0 Å². The van der Waals surface area contributed by atoms with Crippen LogP contribution in [-0.4, -0.2) is 10.7 Å². The van der Waals surface area contributed by atoms with Crippen LogP contribution in [0, 0.1) is 13.8 Å². The summed E-state index contributed by atoms with van der Waals surface area (Å²) in [5.41, 5.74) is 3.62. The molecule has 2 rings (SSSR count). The molecule has 82 valence electrons. The summed E-state index contributed by atoms with van der Waals surface area (Å²) in [5, 5.41) is 9.79. The Morgan fingerprint density at radius 2 is 2.00 bits per heavy atom. The van der Waals surface area contributed by atoms with E-state index in [4.69, 9.17) is 0 Å². The Morgan fingerprint density at radius 1 is 1.33 bits per heavy atom. The molecule has 0 radical (unpaired) electrons. The normalized spacial score (nSPS) is 17.9. The molecule has 0 aromatic heterocycles. The molecule has 1 saturated carbocycles. The first-order valence-electron chi connectivity index (χ1n) is 5.49. The van der Waals surface area contributed by atoms with Crippen molar-refractivity contribution in [1.29, 1.82) is 0 Å². The van der Waals surface area contributed by atoms with Crippen LogP contribution in [0.5, 0.6) is 0 Å². The Kier molecular flexibility index (Phi) is 2.91. The predicted octanol–water partition coefficient (Wildman–Crippen LogP) is 3.52. The van der Waals surface area contributed by atoms with E-state index < -0.39 is 0 Å². The Bertz CT molecular complexity index is 380. The van der Waals surface area contributed by atoms with Gasteiger partial charge in [-0.2, -0.15) is 0 Å². The van der Waals surface area contributed by atoms with E-state index in [0.717, 1.165) is 25.7 Å². The zero-order valence-electron chi connectivity index (χ0n) is 9.31. The van der Waals surface area contributed by atoms with Gasteiger partial charge >= 0.3 is 0 Å². The third kappa shape index (κ3) is 2.43. The first-order chi connectivity index (χ1) is 7.02. The highest BCUT2D eigenvalue weighted by atomic mass is 79.9. The van der Waals surface area contributed by atoms with Gasteiger partial charge in [0.25, 0.3) is 0 Å². The average Bonchev–Trinajstić information content (AvgIpc) is 2.93. The van der Waals surface area contributed by atoms with Crippen LogP contribution in [0.1, 0.15) is 36.0 Å². The van der Waals surface area contributed by atoms with Gasteiger partial charge in [-0.1, -0.05) is 28.1 Å². The maximum atomic E-state index is 9.79. The lowest BCUT2D eigenvalue weighted by atomic mass is 9.99. The Hall–Kier alpha value is -0.340. The van der Waals surface area contributed by atoms with Gasteiger partial charge in [0.15, 0.2) is 0 Å². The van der Waals surface area contributed by atoms with Gasteiger partial charge in [-0.05, 0) is 56.2 Å². The van der Waals surface area contributed by atoms with Gasteiger partial charge < -0.3 is 5.11 Å². The van der Waals surface area contributed by atoms with E-state index in [9.17, 15) is 5.11 Å². The third-order valence-corrected chi connectivity index (χ3v) is 4.60. The van der Waals surface area contributed by atoms with Crippen molar-refractivity contribution in [3.63, 3.8) is 0 Å². The lowest BCUT2D eigenvalue weighted by Gasteiger charge is -2.12. The molecule has 0 spiro atoms. The minimum absolute atomic E-state index is 0.330. The molecule has 15 heavy (non-hydrogen) atoms. The maximum absolute atomic E-state index is 9.79. The van der Waals surface area contributed by atoms with Crippen molar-refractivity contribution in [1.82, 2.24) is 0 Å². The fourth-order valence-corrected chi connectivity index (χ4v) is 2.28. The lowest BCUT2D eigenvalue weighted by molar-refractivity contribution is 0.140. The second kappa shape index (κ2) is 3.91. The number of benzene rings is 1. The van der Waals surface area contributed by atoms with Gasteiger partial charge in [0, 0.05) is 4.47 Å². The van der Waals surface area contributed by atoms with E-state index >= 15 is 0 Å². The molecule has 0 aliphatic heterocycles. The highest BCUT2D eigenvalue weighted by Gasteiger charge is 2.39. The number of hydrogen-bond acceptors (Lipinski definition) is 1. The highest BCUT2D eigenvalue weighted by Crippen LogP contribution is 2.39. The van der Waals surface area contributed by atoms with E-state index in [2.05, 4.69) is 41.9 Å². The first-order valence-corrected chi connectivity index (χ1v) is 6.28. The lowest BCUT2D eigenvalue weighted by Crippen LogP contribution is -2.08. The average molecular weight is 269 g/mol. The van der Waals surface area contributed by atoms with Gasteiger partial charge in [-0.3, -0.25) is 0 Å². The van der Waals surface area contributed by atoms with E-state index in [-0.39, 0.29) is 5.60 Å². The Balaban J connectivity index is 2.11. The summed E-state index contributed by atoms with van der Waals surface area (Å²) >= 11 is 3.60. The van der Waals surface area contributed by atoms with Crippen LogP contribution in [0.15, 0.2) is 16.6 Å². The van der Waals surface area contributed by atoms with Gasteiger partial charge in [-0.15, -0.1) is 0 Å². The van der Waals surface area contributed by atoms with Crippen molar-refractivity contribution in [2.45, 2.75) is 45.1 Å². The third-order valence-electron chi connectivity index (χ3n) is 3.38. The molecule has 0 heterocycles. The Morgan fingerprint density at radius 3 is 2.60 bits per heavy atom. The molecule has 1 fully saturated rings. The molecule has 1 aliphatic rings. The smallest absolute Gasteiger partial charge is 0.0653 e. The van der Waals surface area contributed by atoms with E-state index in [1.807, 2.05) is 0 Å². The van der Waals surface area contributed by atoms with Gasteiger partial charge in [0.2, 0.25) is 0 Å². The van der Waals surface area contributed by atoms with Crippen LogP contribution in [0.4, 0.5) is 0 Å². The SMILES string of the molecule is Cc1ccc(CCC2(O)CC2)c(C)c1Br. The minimum Gasteiger partial charge on any atom is -0.390 e. The van der Waals surface area contributed by atoms with Crippen molar-refractivity contribution in [3.05, 3.63) is 33.3 Å². The number of halogens is 1. The molecule has 0 bridgehead atoms. The summed E-state index contributed by atoms with van der Waals surface area (Å²) in [7, 11) is 0. The number of aliphatic hydroxyl groups is 1. The number of hydrogen-bond donors (Lipinski definition) is 1. The van der Waals surface area contributed by atoms with Crippen LogP contribution in [0.25, 0.3) is 0 Å². The monoisotopic (exact) mass is 268 g/mol. The molecule has 1 aromatic carbocycles.